The fourth-order valence-corrected chi connectivity index (χ4v) is 1.90. The van der Waals surface area contributed by atoms with Crippen molar-refractivity contribution in [3.8, 4) is 0 Å². The van der Waals surface area contributed by atoms with Gasteiger partial charge < -0.3 is 16.2 Å². The van der Waals surface area contributed by atoms with Crippen LogP contribution in [0.3, 0.4) is 0 Å². The quantitative estimate of drug-likeness (QED) is 0.743. The SMILES string of the molecule is Nc1c(Cl)cccc1NCc1cccc(CO)c1. The fraction of sp³-hybridized carbons (Fsp3) is 0.143. The van der Waals surface area contributed by atoms with Crippen LogP contribution in [0.25, 0.3) is 0 Å². The molecule has 18 heavy (non-hydrogen) atoms. The summed E-state index contributed by atoms with van der Waals surface area (Å²) >= 11 is 5.95. The molecule has 0 amide bonds. The van der Waals surface area contributed by atoms with E-state index in [4.69, 9.17) is 22.4 Å². The van der Waals surface area contributed by atoms with E-state index in [1.165, 1.54) is 0 Å². The van der Waals surface area contributed by atoms with E-state index in [-0.39, 0.29) is 6.61 Å². The highest BCUT2D eigenvalue weighted by molar-refractivity contribution is 6.33. The van der Waals surface area contributed by atoms with Crippen LogP contribution in [-0.2, 0) is 13.2 Å². The van der Waals surface area contributed by atoms with Crippen LogP contribution in [-0.4, -0.2) is 5.11 Å². The van der Waals surface area contributed by atoms with Crippen LogP contribution in [0.5, 0.6) is 0 Å². The number of nitrogens with one attached hydrogen (secondary N) is 1. The molecule has 0 unspecified atom stereocenters. The van der Waals surface area contributed by atoms with Crippen molar-refractivity contribution in [3.05, 3.63) is 58.6 Å². The van der Waals surface area contributed by atoms with Crippen LogP contribution in [0.1, 0.15) is 11.1 Å². The molecule has 4 heteroatoms. The summed E-state index contributed by atoms with van der Waals surface area (Å²) < 4.78 is 0. The van der Waals surface area contributed by atoms with Crippen molar-refractivity contribution < 1.29 is 5.11 Å². The third-order valence-corrected chi connectivity index (χ3v) is 3.04. The van der Waals surface area contributed by atoms with E-state index in [1.54, 1.807) is 6.07 Å². The summed E-state index contributed by atoms with van der Waals surface area (Å²) in [5.74, 6) is 0. The Labute approximate surface area is 111 Å². The second-order valence-electron chi connectivity index (χ2n) is 4.03. The number of nitrogen functional groups attached to an aromatic ring is 1. The molecular formula is C14H15ClN2O. The molecule has 0 saturated heterocycles. The number of rotatable bonds is 4. The van der Waals surface area contributed by atoms with Crippen LogP contribution in [0.15, 0.2) is 42.5 Å². The first kappa shape index (κ1) is 12.7. The Hall–Kier alpha value is -1.71. The highest BCUT2D eigenvalue weighted by Crippen LogP contribution is 2.27. The molecule has 2 aromatic carbocycles. The van der Waals surface area contributed by atoms with Crippen LogP contribution in [0.4, 0.5) is 11.4 Å². The van der Waals surface area contributed by atoms with Crippen molar-refractivity contribution in [2.45, 2.75) is 13.2 Å². The topological polar surface area (TPSA) is 58.3 Å². The molecule has 3 nitrogen and oxygen atoms in total. The van der Waals surface area contributed by atoms with Gasteiger partial charge in [0.05, 0.1) is 23.0 Å². The first-order valence-electron chi connectivity index (χ1n) is 5.67. The van der Waals surface area contributed by atoms with Gasteiger partial charge in [-0.15, -0.1) is 0 Å². The number of aliphatic hydroxyl groups excluding tert-OH is 1. The molecule has 0 aliphatic carbocycles. The first-order chi connectivity index (χ1) is 8.70. The summed E-state index contributed by atoms with van der Waals surface area (Å²) in [4.78, 5) is 0. The van der Waals surface area contributed by atoms with E-state index in [0.717, 1.165) is 16.8 Å². The van der Waals surface area contributed by atoms with Crippen molar-refractivity contribution in [1.82, 2.24) is 0 Å². The number of hydrogen-bond acceptors (Lipinski definition) is 3. The highest BCUT2D eigenvalue weighted by atomic mass is 35.5. The lowest BCUT2D eigenvalue weighted by Crippen LogP contribution is -2.03. The molecule has 0 atom stereocenters. The summed E-state index contributed by atoms with van der Waals surface area (Å²) in [6, 6.07) is 13.2. The number of benzene rings is 2. The van der Waals surface area contributed by atoms with Gasteiger partial charge in [0.2, 0.25) is 0 Å². The highest BCUT2D eigenvalue weighted by Gasteiger charge is 2.02. The maximum atomic E-state index is 9.07. The lowest BCUT2D eigenvalue weighted by molar-refractivity contribution is 0.281. The Morgan fingerprint density at radius 1 is 1.11 bits per heavy atom. The largest absolute Gasteiger partial charge is 0.396 e. The standard InChI is InChI=1S/C14H15ClN2O/c15-12-5-2-6-13(14(12)16)17-8-10-3-1-4-11(7-10)9-18/h1-7,17-18H,8-9,16H2. The molecule has 0 bridgehead atoms. The summed E-state index contributed by atoms with van der Waals surface area (Å²) in [5, 5.41) is 12.8. The lowest BCUT2D eigenvalue weighted by atomic mass is 10.1. The van der Waals surface area contributed by atoms with E-state index in [0.29, 0.717) is 17.3 Å². The number of para-hydroxylation sites is 1. The average Bonchev–Trinajstić information content (AvgIpc) is 2.41. The van der Waals surface area contributed by atoms with Gasteiger partial charge in [0.1, 0.15) is 0 Å². The Balaban J connectivity index is 2.09. The van der Waals surface area contributed by atoms with Crippen LogP contribution < -0.4 is 11.1 Å². The second kappa shape index (κ2) is 5.76. The molecule has 0 heterocycles. The molecule has 0 aliphatic heterocycles. The van der Waals surface area contributed by atoms with Crippen molar-refractivity contribution in [2.24, 2.45) is 0 Å². The van der Waals surface area contributed by atoms with E-state index >= 15 is 0 Å². The van der Waals surface area contributed by atoms with Crippen LogP contribution in [0.2, 0.25) is 5.02 Å². The molecule has 4 N–H and O–H groups in total. The van der Waals surface area contributed by atoms with Crippen LogP contribution >= 0.6 is 11.6 Å². The fourth-order valence-electron chi connectivity index (χ4n) is 1.73. The van der Waals surface area contributed by atoms with E-state index in [1.807, 2.05) is 36.4 Å². The summed E-state index contributed by atoms with van der Waals surface area (Å²) in [6.07, 6.45) is 0. The van der Waals surface area contributed by atoms with Gasteiger partial charge in [0.15, 0.2) is 0 Å². The molecule has 0 radical (unpaired) electrons. The molecule has 0 saturated carbocycles. The zero-order valence-corrected chi connectivity index (χ0v) is 10.6. The average molecular weight is 263 g/mol. The molecular weight excluding hydrogens is 248 g/mol. The number of aliphatic hydroxyl groups is 1. The number of anilines is 2. The Morgan fingerprint density at radius 3 is 2.61 bits per heavy atom. The minimum Gasteiger partial charge on any atom is -0.396 e. The summed E-state index contributed by atoms with van der Waals surface area (Å²) in [7, 11) is 0. The predicted molar refractivity (Wildman–Crippen MR) is 75.6 cm³/mol. The van der Waals surface area contributed by atoms with Gasteiger partial charge in [-0.25, -0.2) is 0 Å². The van der Waals surface area contributed by atoms with Crippen molar-refractivity contribution >= 4 is 23.0 Å². The second-order valence-corrected chi connectivity index (χ2v) is 4.44. The molecule has 94 valence electrons. The van der Waals surface area contributed by atoms with Crippen molar-refractivity contribution in [2.75, 3.05) is 11.1 Å². The summed E-state index contributed by atoms with van der Waals surface area (Å²) in [5.41, 5.74) is 9.22. The van der Waals surface area contributed by atoms with Gasteiger partial charge in [0, 0.05) is 6.54 Å². The van der Waals surface area contributed by atoms with Gasteiger partial charge >= 0.3 is 0 Å². The Morgan fingerprint density at radius 2 is 1.83 bits per heavy atom. The van der Waals surface area contributed by atoms with Crippen molar-refractivity contribution in [1.29, 1.82) is 0 Å². The molecule has 0 spiro atoms. The number of hydrogen-bond donors (Lipinski definition) is 3. The van der Waals surface area contributed by atoms with E-state index in [9.17, 15) is 0 Å². The van der Waals surface area contributed by atoms with Crippen LogP contribution in [0, 0.1) is 0 Å². The van der Waals surface area contributed by atoms with E-state index in [2.05, 4.69) is 5.32 Å². The van der Waals surface area contributed by atoms with E-state index < -0.39 is 0 Å². The van der Waals surface area contributed by atoms with Gasteiger partial charge in [-0.05, 0) is 23.3 Å². The zero-order valence-electron chi connectivity index (χ0n) is 9.86. The van der Waals surface area contributed by atoms with Gasteiger partial charge in [-0.1, -0.05) is 41.9 Å². The first-order valence-corrected chi connectivity index (χ1v) is 6.05. The summed E-state index contributed by atoms with van der Waals surface area (Å²) in [6.45, 7) is 0.686. The van der Waals surface area contributed by atoms with Crippen molar-refractivity contribution in [3.63, 3.8) is 0 Å². The zero-order chi connectivity index (χ0) is 13.0. The van der Waals surface area contributed by atoms with Gasteiger partial charge in [-0.3, -0.25) is 0 Å². The monoisotopic (exact) mass is 262 g/mol. The molecule has 2 aromatic rings. The minimum atomic E-state index is 0.0488. The predicted octanol–water partition coefficient (Wildman–Crippen LogP) is 3.03. The van der Waals surface area contributed by atoms with Gasteiger partial charge in [0.25, 0.3) is 0 Å². The third kappa shape index (κ3) is 2.94. The normalized spacial score (nSPS) is 10.3. The third-order valence-electron chi connectivity index (χ3n) is 2.71. The maximum absolute atomic E-state index is 9.07. The molecule has 0 fully saturated rings. The molecule has 0 aliphatic rings. The Kier molecular flexibility index (Phi) is 4.07. The number of nitrogens with two attached hydrogens (primary N) is 1. The Bertz CT molecular complexity index is 543. The maximum Gasteiger partial charge on any atom is 0.0739 e. The molecule has 0 aromatic heterocycles. The number of halogens is 1. The lowest BCUT2D eigenvalue weighted by Gasteiger charge is -2.10. The minimum absolute atomic E-state index is 0.0488. The smallest absolute Gasteiger partial charge is 0.0739 e. The van der Waals surface area contributed by atoms with Gasteiger partial charge in [-0.2, -0.15) is 0 Å². The molecule has 2 rings (SSSR count).